The summed E-state index contributed by atoms with van der Waals surface area (Å²) >= 11 is 0. The van der Waals surface area contributed by atoms with Gasteiger partial charge in [-0.3, -0.25) is 0 Å². The molecule has 1 fully saturated rings. The van der Waals surface area contributed by atoms with Crippen LogP contribution in [0.4, 0.5) is 10.1 Å². The van der Waals surface area contributed by atoms with E-state index in [4.69, 9.17) is 5.73 Å². The highest BCUT2D eigenvalue weighted by atomic mass is 19.1. The van der Waals surface area contributed by atoms with E-state index in [0.29, 0.717) is 18.5 Å². The van der Waals surface area contributed by atoms with Crippen LogP contribution in [0.15, 0.2) is 24.3 Å². The SMILES string of the molecule is NCC(Nc1cccc(F)c1)C1CC1. The quantitative estimate of drug-likeness (QED) is 0.769. The number of nitrogens with two attached hydrogens (primary N) is 1. The normalized spacial score (nSPS) is 17.9. The first-order valence-electron chi connectivity index (χ1n) is 5.02. The Balaban J connectivity index is 2.01. The molecule has 1 aliphatic rings. The predicted octanol–water partition coefficient (Wildman–Crippen LogP) is 1.97. The van der Waals surface area contributed by atoms with Crippen molar-refractivity contribution in [2.45, 2.75) is 18.9 Å². The van der Waals surface area contributed by atoms with Crippen molar-refractivity contribution in [2.75, 3.05) is 11.9 Å². The van der Waals surface area contributed by atoms with Gasteiger partial charge in [-0.25, -0.2) is 4.39 Å². The highest BCUT2D eigenvalue weighted by molar-refractivity contribution is 5.44. The molecule has 1 aromatic rings. The number of benzene rings is 1. The zero-order valence-corrected chi connectivity index (χ0v) is 8.04. The van der Waals surface area contributed by atoms with Crippen molar-refractivity contribution < 1.29 is 4.39 Å². The Kier molecular flexibility index (Phi) is 2.68. The van der Waals surface area contributed by atoms with Crippen molar-refractivity contribution in [1.29, 1.82) is 0 Å². The van der Waals surface area contributed by atoms with Gasteiger partial charge in [0.25, 0.3) is 0 Å². The molecule has 3 N–H and O–H groups in total. The van der Waals surface area contributed by atoms with Gasteiger partial charge in [0.15, 0.2) is 0 Å². The summed E-state index contributed by atoms with van der Waals surface area (Å²) < 4.78 is 12.9. The Labute approximate surface area is 83.3 Å². The highest BCUT2D eigenvalue weighted by Gasteiger charge is 2.29. The minimum Gasteiger partial charge on any atom is -0.381 e. The number of hydrogen-bond donors (Lipinski definition) is 2. The molecule has 1 aliphatic carbocycles. The zero-order chi connectivity index (χ0) is 9.97. The standard InChI is InChI=1S/C11H15FN2/c12-9-2-1-3-10(6-9)14-11(7-13)8-4-5-8/h1-3,6,8,11,14H,4-5,7,13H2. The van der Waals surface area contributed by atoms with Crippen LogP contribution in [0.25, 0.3) is 0 Å². The smallest absolute Gasteiger partial charge is 0.125 e. The van der Waals surface area contributed by atoms with Gasteiger partial charge in [0, 0.05) is 18.3 Å². The molecule has 0 aromatic heterocycles. The molecule has 0 heterocycles. The molecule has 1 unspecified atom stereocenters. The topological polar surface area (TPSA) is 38.0 Å². The molecule has 2 rings (SSSR count). The number of nitrogens with one attached hydrogen (secondary N) is 1. The van der Waals surface area contributed by atoms with Crippen LogP contribution in [-0.4, -0.2) is 12.6 Å². The maximum Gasteiger partial charge on any atom is 0.125 e. The largest absolute Gasteiger partial charge is 0.381 e. The van der Waals surface area contributed by atoms with Gasteiger partial charge in [0.1, 0.15) is 5.82 Å². The van der Waals surface area contributed by atoms with Crippen molar-refractivity contribution in [3.8, 4) is 0 Å². The van der Waals surface area contributed by atoms with Crippen molar-refractivity contribution in [3.05, 3.63) is 30.1 Å². The molecule has 1 atom stereocenters. The summed E-state index contributed by atoms with van der Waals surface area (Å²) in [6, 6.07) is 6.83. The molecule has 1 aromatic carbocycles. The Morgan fingerprint density at radius 2 is 2.29 bits per heavy atom. The van der Waals surface area contributed by atoms with E-state index in [1.807, 2.05) is 6.07 Å². The van der Waals surface area contributed by atoms with Gasteiger partial charge in [0.2, 0.25) is 0 Å². The third kappa shape index (κ3) is 2.23. The van der Waals surface area contributed by atoms with E-state index in [9.17, 15) is 4.39 Å². The van der Waals surface area contributed by atoms with E-state index >= 15 is 0 Å². The molecule has 0 spiro atoms. The van der Waals surface area contributed by atoms with E-state index in [1.54, 1.807) is 6.07 Å². The number of rotatable bonds is 4. The fourth-order valence-corrected chi connectivity index (χ4v) is 1.66. The minimum atomic E-state index is -0.207. The third-order valence-corrected chi connectivity index (χ3v) is 2.62. The van der Waals surface area contributed by atoms with Crippen LogP contribution in [0, 0.1) is 11.7 Å². The van der Waals surface area contributed by atoms with Gasteiger partial charge >= 0.3 is 0 Å². The Morgan fingerprint density at radius 1 is 1.50 bits per heavy atom. The van der Waals surface area contributed by atoms with Crippen LogP contribution in [0.5, 0.6) is 0 Å². The maximum absolute atomic E-state index is 12.9. The summed E-state index contributed by atoms with van der Waals surface area (Å²) in [6.45, 7) is 0.612. The Hall–Kier alpha value is -1.09. The van der Waals surface area contributed by atoms with Gasteiger partial charge in [-0.1, -0.05) is 6.07 Å². The molecular formula is C11H15FN2. The lowest BCUT2D eigenvalue weighted by Gasteiger charge is -2.17. The average Bonchev–Trinajstić information content (AvgIpc) is 2.97. The van der Waals surface area contributed by atoms with Crippen LogP contribution in [0.2, 0.25) is 0 Å². The number of anilines is 1. The molecule has 1 saturated carbocycles. The molecule has 14 heavy (non-hydrogen) atoms. The fraction of sp³-hybridized carbons (Fsp3) is 0.455. The summed E-state index contributed by atoms with van der Waals surface area (Å²) in [5.41, 5.74) is 6.47. The average molecular weight is 194 g/mol. The highest BCUT2D eigenvalue weighted by Crippen LogP contribution is 2.33. The van der Waals surface area contributed by atoms with Crippen LogP contribution < -0.4 is 11.1 Å². The number of halogens is 1. The van der Waals surface area contributed by atoms with Crippen molar-refractivity contribution in [3.63, 3.8) is 0 Å². The summed E-state index contributed by atoms with van der Waals surface area (Å²) in [5.74, 6) is 0.477. The molecule has 0 radical (unpaired) electrons. The van der Waals surface area contributed by atoms with Gasteiger partial charge in [0.05, 0.1) is 0 Å². The molecule has 2 nitrogen and oxygen atoms in total. The lowest BCUT2D eigenvalue weighted by atomic mass is 10.1. The molecule has 76 valence electrons. The van der Waals surface area contributed by atoms with Crippen LogP contribution in [0.1, 0.15) is 12.8 Å². The zero-order valence-electron chi connectivity index (χ0n) is 8.04. The Bertz CT molecular complexity index is 310. The fourth-order valence-electron chi connectivity index (χ4n) is 1.66. The lowest BCUT2D eigenvalue weighted by Crippen LogP contribution is -2.30. The molecule has 0 amide bonds. The van der Waals surface area contributed by atoms with E-state index in [1.165, 1.54) is 25.0 Å². The van der Waals surface area contributed by atoms with E-state index in [2.05, 4.69) is 5.32 Å². The second-order valence-electron chi connectivity index (χ2n) is 3.83. The summed E-state index contributed by atoms with van der Waals surface area (Å²) in [5, 5.41) is 3.27. The lowest BCUT2D eigenvalue weighted by molar-refractivity contribution is 0.623. The molecule has 0 bridgehead atoms. The van der Waals surface area contributed by atoms with Gasteiger partial charge < -0.3 is 11.1 Å². The maximum atomic E-state index is 12.9. The third-order valence-electron chi connectivity index (χ3n) is 2.62. The summed E-state index contributed by atoms with van der Waals surface area (Å²) in [6.07, 6.45) is 2.48. The van der Waals surface area contributed by atoms with Gasteiger partial charge in [-0.05, 0) is 37.0 Å². The molecule has 3 heteroatoms. The van der Waals surface area contributed by atoms with Crippen LogP contribution >= 0.6 is 0 Å². The first-order chi connectivity index (χ1) is 6.79. The van der Waals surface area contributed by atoms with Gasteiger partial charge in [-0.15, -0.1) is 0 Å². The van der Waals surface area contributed by atoms with Crippen LogP contribution in [-0.2, 0) is 0 Å². The first-order valence-corrected chi connectivity index (χ1v) is 5.02. The van der Waals surface area contributed by atoms with E-state index < -0.39 is 0 Å². The second-order valence-corrected chi connectivity index (χ2v) is 3.83. The van der Waals surface area contributed by atoms with Gasteiger partial charge in [-0.2, -0.15) is 0 Å². The van der Waals surface area contributed by atoms with Crippen molar-refractivity contribution in [2.24, 2.45) is 11.7 Å². The van der Waals surface area contributed by atoms with Crippen molar-refractivity contribution >= 4 is 5.69 Å². The molecule has 0 saturated heterocycles. The van der Waals surface area contributed by atoms with Crippen LogP contribution in [0.3, 0.4) is 0 Å². The molecular weight excluding hydrogens is 179 g/mol. The summed E-state index contributed by atoms with van der Waals surface area (Å²) in [4.78, 5) is 0. The van der Waals surface area contributed by atoms with Crippen molar-refractivity contribution in [1.82, 2.24) is 0 Å². The van der Waals surface area contributed by atoms with E-state index in [0.717, 1.165) is 5.69 Å². The summed E-state index contributed by atoms with van der Waals surface area (Å²) in [7, 11) is 0. The Morgan fingerprint density at radius 3 is 2.86 bits per heavy atom. The molecule has 0 aliphatic heterocycles. The number of hydrogen-bond acceptors (Lipinski definition) is 2. The monoisotopic (exact) mass is 194 g/mol. The predicted molar refractivity (Wildman–Crippen MR) is 55.6 cm³/mol. The van der Waals surface area contributed by atoms with E-state index in [-0.39, 0.29) is 5.82 Å². The second kappa shape index (κ2) is 3.96. The minimum absolute atomic E-state index is 0.207. The first kappa shape index (κ1) is 9.46.